The molecule has 1 aliphatic rings. The Hall–Kier alpha value is -0.880. The first-order chi connectivity index (χ1) is 8.98. The molecule has 0 radical (unpaired) electrons. The monoisotopic (exact) mass is 285 g/mol. The van der Waals surface area contributed by atoms with Gasteiger partial charge in [0.25, 0.3) is 0 Å². The van der Waals surface area contributed by atoms with Crippen LogP contribution in [0.15, 0.2) is 12.3 Å². The smallest absolute Gasteiger partial charge is 0.150 e. The van der Waals surface area contributed by atoms with Crippen molar-refractivity contribution in [2.45, 2.75) is 32.2 Å². The molecule has 0 amide bonds. The zero-order valence-electron chi connectivity index (χ0n) is 11.7. The lowest BCUT2D eigenvalue weighted by molar-refractivity contribution is 0.406. The lowest BCUT2D eigenvalue weighted by Gasteiger charge is -2.20. The number of nitrogens with one attached hydrogen (secondary N) is 1. The fourth-order valence-corrected chi connectivity index (χ4v) is 4.69. The molecule has 2 heterocycles. The van der Waals surface area contributed by atoms with Gasteiger partial charge in [0.15, 0.2) is 9.84 Å². The van der Waals surface area contributed by atoms with E-state index in [0.717, 1.165) is 31.5 Å². The van der Waals surface area contributed by atoms with E-state index >= 15 is 0 Å². The molecule has 6 heteroatoms. The minimum Gasteiger partial charge on any atom is -0.314 e. The van der Waals surface area contributed by atoms with Crippen LogP contribution in [0.1, 0.15) is 25.5 Å². The van der Waals surface area contributed by atoms with Gasteiger partial charge < -0.3 is 5.32 Å². The first-order valence-electron chi connectivity index (χ1n) is 6.91. The Morgan fingerprint density at radius 1 is 1.58 bits per heavy atom. The fraction of sp³-hybridized carbons (Fsp3) is 0.769. The van der Waals surface area contributed by atoms with E-state index in [4.69, 9.17) is 0 Å². The Labute approximate surface area is 115 Å². The topological polar surface area (TPSA) is 64.0 Å². The van der Waals surface area contributed by atoms with E-state index in [0.29, 0.717) is 23.5 Å². The van der Waals surface area contributed by atoms with Crippen LogP contribution < -0.4 is 5.32 Å². The Morgan fingerprint density at radius 3 is 2.89 bits per heavy atom. The van der Waals surface area contributed by atoms with Crippen LogP contribution in [-0.2, 0) is 23.3 Å². The summed E-state index contributed by atoms with van der Waals surface area (Å²) in [7, 11) is -0.860. The summed E-state index contributed by atoms with van der Waals surface area (Å²) in [6.45, 7) is 2.98. The molecule has 5 nitrogen and oxygen atoms in total. The maximum atomic E-state index is 11.5. The summed E-state index contributed by atoms with van der Waals surface area (Å²) in [5, 5.41) is 7.84. The number of nitrogens with zero attached hydrogens (tertiary/aromatic N) is 2. The number of aryl methyl sites for hydroxylation is 1. The minimum absolute atomic E-state index is 0.303. The van der Waals surface area contributed by atoms with E-state index in [9.17, 15) is 8.42 Å². The minimum atomic E-state index is -2.77. The van der Waals surface area contributed by atoms with Gasteiger partial charge in [-0.1, -0.05) is 6.92 Å². The third-order valence-electron chi connectivity index (χ3n) is 3.66. The van der Waals surface area contributed by atoms with Gasteiger partial charge in [-0.3, -0.25) is 4.68 Å². The van der Waals surface area contributed by atoms with Gasteiger partial charge in [-0.25, -0.2) is 8.42 Å². The number of aromatic nitrogens is 2. The van der Waals surface area contributed by atoms with Gasteiger partial charge in [0.05, 0.1) is 17.2 Å². The number of sulfone groups is 1. The highest BCUT2D eigenvalue weighted by atomic mass is 32.2. The van der Waals surface area contributed by atoms with E-state index in [1.807, 2.05) is 19.3 Å². The highest BCUT2D eigenvalue weighted by Crippen LogP contribution is 2.23. The second kappa shape index (κ2) is 6.05. The van der Waals surface area contributed by atoms with Gasteiger partial charge in [-0.05, 0) is 31.4 Å². The van der Waals surface area contributed by atoms with Crippen LogP contribution in [0, 0.1) is 5.92 Å². The van der Waals surface area contributed by atoms with Crippen molar-refractivity contribution in [1.29, 1.82) is 0 Å². The van der Waals surface area contributed by atoms with Crippen molar-refractivity contribution in [3.8, 4) is 0 Å². The molecule has 0 bridgehead atoms. The third kappa shape index (κ3) is 4.31. The molecule has 0 saturated carbocycles. The van der Waals surface area contributed by atoms with Gasteiger partial charge in [0.1, 0.15) is 0 Å². The van der Waals surface area contributed by atoms with E-state index in [2.05, 4.69) is 17.3 Å². The van der Waals surface area contributed by atoms with Crippen LogP contribution in [0.3, 0.4) is 0 Å². The molecule has 19 heavy (non-hydrogen) atoms. The summed E-state index contributed by atoms with van der Waals surface area (Å²) >= 11 is 0. The first-order valence-corrected chi connectivity index (χ1v) is 8.73. The molecule has 2 unspecified atom stereocenters. The molecule has 1 aromatic rings. The molecule has 2 atom stereocenters. The van der Waals surface area contributed by atoms with Crippen molar-refractivity contribution in [1.82, 2.24) is 15.1 Å². The third-order valence-corrected chi connectivity index (χ3v) is 5.50. The number of likely N-dealkylation sites (N-methyl/N-ethyl adjacent to an activating group) is 1. The Kier molecular flexibility index (Phi) is 4.62. The lowest BCUT2D eigenvalue weighted by Crippen LogP contribution is -2.33. The molecule has 2 rings (SSSR count). The van der Waals surface area contributed by atoms with Crippen LogP contribution in [0.4, 0.5) is 0 Å². The first kappa shape index (κ1) is 14.5. The lowest BCUT2D eigenvalue weighted by atomic mass is 9.96. The number of hydrogen-bond donors (Lipinski definition) is 1. The van der Waals surface area contributed by atoms with Crippen molar-refractivity contribution >= 4 is 9.84 Å². The number of hydrogen-bond acceptors (Lipinski definition) is 4. The van der Waals surface area contributed by atoms with Gasteiger partial charge >= 0.3 is 0 Å². The predicted octanol–water partition coefficient (Wildman–Crippen LogP) is 0.766. The summed E-state index contributed by atoms with van der Waals surface area (Å²) in [5.41, 5.74) is 1.06. The molecule has 1 aliphatic heterocycles. The Balaban J connectivity index is 1.93. The second-order valence-electron chi connectivity index (χ2n) is 5.44. The summed E-state index contributed by atoms with van der Waals surface area (Å²) in [5.74, 6) is 1.02. The van der Waals surface area contributed by atoms with Crippen LogP contribution in [-0.4, -0.2) is 42.3 Å². The Bertz CT molecular complexity index is 510. The van der Waals surface area contributed by atoms with Gasteiger partial charge in [0.2, 0.25) is 0 Å². The van der Waals surface area contributed by atoms with Crippen LogP contribution in [0.25, 0.3) is 0 Å². The zero-order valence-corrected chi connectivity index (χ0v) is 12.5. The van der Waals surface area contributed by atoms with Gasteiger partial charge in [-0.15, -0.1) is 0 Å². The van der Waals surface area contributed by atoms with E-state index in [1.165, 1.54) is 0 Å². The molecule has 0 aromatic carbocycles. The fourth-order valence-electron chi connectivity index (χ4n) is 2.81. The van der Waals surface area contributed by atoms with Crippen molar-refractivity contribution < 1.29 is 8.42 Å². The quantitative estimate of drug-likeness (QED) is 0.838. The highest BCUT2D eigenvalue weighted by molar-refractivity contribution is 7.91. The van der Waals surface area contributed by atoms with Crippen molar-refractivity contribution in [3.63, 3.8) is 0 Å². The molecule has 1 aromatic heterocycles. The van der Waals surface area contributed by atoms with Crippen LogP contribution in [0.5, 0.6) is 0 Å². The van der Waals surface area contributed by atoms with Crippen LogP contribution in [0.2, 0.25) is 0 Å². The summed E-state index contributed by atoms with van der Waals surface area (Å²) < 4.78 is 24.8. The Morgan fingerprint density at radius 2 is 2.37 bits per heavy atom. The van der Waals surface area contributed by atoms with Crippen molar-refractivity contribution in [2.24, 2.45) is 13.0 Å². The van der Waals surface area contributed by atoms with E-state index in [1.54, 1.807) is 4.68 Å². The van der Waals surface area contributed by atoms with E-state index < -0.39 is 9.84 Å². The number of rotatable bonds is 6. The van der Waals surface area contributed by atoms with E-state index in [-0.39, 0.29) is 0 Å². The summed E-state index contributed by atoms with van der Waals surface area (Å²) in [4.78, 5) is 0. The van der Waals surface area contributed by atoms with Crippen LogP contribution >= 0.6 is 0 Å². The highest BCUT2D eigenvalue weighted by Gasteiger charge is 2.29. The molecule has 0 aliphatic carbocycles. The molecular formula is C13H23N3O2S. The molecule has 0 spiro atoms. The maximum Gasteiger partial charge on any atom is 0.150 e. The molecule has 1 fully saturated rings. The van der Waals surface area contributed by atoms with Crippen molar-refractivity contribution in [3.05, 3.63) is 18.0 Å². The largest absolute Gasteiger partial charge is 0.314 e. The van der Waals surface area contributed by atoms with Gasteiger partial charge in [0, 0.05) is 25.7 Å². The molecule has 1 N–H and O–H groups in total. The second-order valence-corrected chi connectivity index (χ2v) is 7.67. The predicted molar refractivity (Wildman–Crippen MR) is 75.8 cm³/mol. The molecule has 108 valence electrons. The molecular weight excluding hydrogens is 262 g/mol. The average molecular weight is 285 g/mol. The summed E-state index contributed by atoms with van der Waals surface area (Å²) in [6.07, 6.45) is 4.54. The SMILES string of the molecule is CCNC(Cc1ccn(C)n1)CC1CCS(=O)(=O)C1. The zero-order chi connectivity index (χ0) is 13.9. The maximum absolute atomic E-state index is 11.5. The molecule has 1 saturated heterocycles. The normalized spacial score (nSPS) is 23.6. The van der Waals surface area contributed by atoms with Crippen molar-refractivity contribution in [2.75, 3.05) is 18.1 Å². The van der Waals surface area contributed by atoms with Gasteiger partial charge in [-0.2, -0.15) is 5.10 Å². The summed E-state index contributed by atoms with van der Waals surface area (Å²) in [6, 6.07) is 2.34. The standard InChI is InChI=1S/C13H23N3O2S/c1-3-14-13(9-12-4-6-16(2)15-12)8-11-5-7-19(17,18)10-11/h4,6,11,13-14H,3,5,7-10H2,1-2H3. The average Bonchev–Trinajstić information content (AvgIpc) is 2.85.